The molecule has 2 atom stereocenters. The molecule has 0 aliphatic heterocycles. The zero-order valence-corrected chi connectivity index (χ0v) is 27.1. The first-order chi connectivity index (χ1) is 17.4. The Morgan fingerprint density at radius 2 is 1.42 bits per heavy atom. The Morgan fingerprint density at radius 3 is 2.00 bits per heavy atom. The maximum absolute atomic E-state index is 9.54. The normalized spacial score (nSPS) is 14.0. The van der Waals surface area contributed by atoms with Gasteiger partial charge < -0.3 is 15.2 Å². The van der Waals surface area contributed by atoms with E-state index in [1.54, 1.807) is 0 Å². The maximum Gasteiger partial charge on any atom is 0.0567 e. The van der Waals surface area contributed by atoms with Crippen molar-refractivity contribution in [1.29, 1.82) is 0 Å². The Bertz CT molecular complexity index is 1170. The molecule has 3 nitrogen and oxygen atoms in total. The molecule has 1 radical (unpaired) electrons. The van der Waals surface area contributed by atoms with Crippen molar-refractivity contribution in [3.63, 3.8) is 0 Å². The van der Waals surface area contributed by atoms with Crippen molar-refractivity contribution >= 4 is 10.8 Å². The van der Waals surface area contributed by atoms with Crippen LogP contribution in [0.15, 0.2) is 30.5 Å². The zero-order chi connectivity index (χ0) is 27.3. The molecule has 1 heterocycles. The summed E-state index contributed by atoms with van der Waals surface area (Å²) in [6.45, 7) is 17.2. The number of benzene rings is 2. The van der Waals surface area contributed by atoms with Gasteiger partial charge in [-0.25, -0.2) is 0 Å². The van der Waals surface area contributed by atoms with Crippen LogP contribution in [0.25, 0.3) is 22.0 Å². The molecule has 0 spiro atoms. The molecule has 0 fully saturated rings. The van der Waals surface area contributed by atoms with Crippen molar-refractivity contribution < 1.29 is 30.3 Å². The van der Waals surface area contributed by atoms with E-state index in [-0.39, 0.29) is 32.3 Å². The first kappa shape index (κ1) is 32.6. The molecular formula is C34H48IrNO2-. The second kappa shape index (κ2) is 14.7. The van der Waals surface area contributed by atoms with Gasteiger partial charge in [-0.15, -0.1) is 34.4 Å². The third-order valence-corrected chi connectivity index (χ3v) is 7.13. The van der Waals surface area contributed by atoms with E-state index in [0.29, 0.717) is 24.2 Å². The number of aliphatic hydroxyl groups is 2. The summed E-state index contributed by atoms with van der Waals surface area (Å²) in [5.41, 5.74) is 9.23. The molecule has 211 valence electrons. The molecule has 4 rings (SSSR count). The summed E-state index contributed by atoms with van der Waals surface area (Å²) in [5, 5.41) is 21.7. The number of nitrogens with zero attached hydrogens (tertiary/aromatic N) is 1. The number of hydrogen-bond donors (Lipinski definition) is 2. The van der Waals surface area contributed by atoms with Crippen LogP contribution in [0.4, 0.5) is 0 Å². The Labute approximate surface area is 244 Å². The zero-order valence-electron chi connectivity index (χ0n) is 24.7. The molecule has 4 heteroatoms. The molecular weight excluding hydrogens is 647 g/mol. The molecule has 38 heavy (non-hydrogen) atoms. The summed E-state index contributed by atoms with van der Waals surface area (Å²) in [7, 11) is 0. The number of fused-ring (bicyclic) bond motifs is 5. The summed E-state index contributed by atoms with van der Waals surface area (Å²) >= 11 is 0. The summed E-state index contributed by atoms with van der Waals surface area (Å²) < 4.78 is 0. The molecule has 1 aliphatic carbocycles. The van der Waals surface area contributed by atoms with Crippen LogP contribution >= 0.6 is 0 Å². The van der Waals surface area contributed by atoms with Crippen LogP contribution in [0.2, 0.25) is 0 Å². The van der Waals surface area contributed by atoms with Gasteiger partial charge in [0.05, 0.1) is 12.2 Å². The SMILES string of the molecule is CC(C)CC(O)CC(O)CC(C)C.Cc1[c-]c2c(c(C)c1)CCc1c-2ncc2ccc(CC(C)C)cc12.[Ir]. The van der Waals surface area contributed by atoms with Crippen LogP contribution in [0.1, 0.15) is 88.6 Å². The van der Waals surface area contributed by atoms with E-state index in [0.717, 1.165) is 37.8 Å². The summed E-state index contributed by atoms with van der Waals surface area (Å²) in [4.78, 5) is 4.83. The van der Waals surface area contributed by atoms with E-state index >= 15 is 0 Å². The average Bonchev–Trinajstić information content (AvgIpc) is 2.77. The minimum Gasteiger partial charge on any atom is -0.393 e. The van der Waals surface area contributed by atoms with Crippen molar-refractivity contribution in [3.8, 4) is 11.3 Å². The molecule has 1 aliphatic rings. The minimum atomic E-state index is -0.339. The quantitative estimate of drug-likeness (QED) is 0.237. The molecule has 1 aromatic heterocycles. The number of pyridine rings is 1. The Hall–Kier alpha value is -1.58. The fraction of sp³-hybridized carbons (Fsp3) is 0.559. The molecule has 0 bridgehead atoms. The van der Waals surface area contributed by atoms with Crippen molar-refractivity contribution in [3.05, 3.63) is 64.3 Å². The third kappa shape index (κ3) is 8.98. The first-order valence-corrected chi connectivity index (χ1v) is 14.2. The van der Waals surface area contributed by atoms with Gasteiger partial charge in [-0.2, -0.15) is 0 Å². The fourth-order valence-electron chi connectivity index (χ4n) is 5.67. The topological polar surface area (TPSA) is 53.4 Å². The van der Waals surface area contributed by atoms with Gasteiger partial charge in [0.15, 0.2) is 0 Å². The Morgan fingerprint density at radius 1 is 0.816 bits per heavy atom. The maximum atomic E-state index is 9.54. The van der Waals surface area contributed by atoms with Gasteiger partial charge >= 0.3 is 0 Å². The number of hydrogen-bond acceptors (Lipinski definition) is 3. The van der Waals surface area contributed by atoms with Crippen LogP contribution in [0.3, 0.4) is 0 Å². The van der Waals surface area contributed by atoms with E-state index < -0.39 is 0 Å². The Kier molecular flexibility index (Phi) is 12.6. The van der Waals surface area contributed by atoms with Crippen molar-refractivity contribution in [2.24, 2.45) is 17.8 Å². The van der Waals surface area contributed by atoms with E-state index in [1.165, 1.54) is 44.2 Å². The molecule has 0 saturated carbocycles. The predicted octanol–water partition coefficient (Wildman–Crippen LogP) is 7.80. The second-order valence-corrected chi connectivity index (χ2v) is 12.4. The van der Waals surface area contributed by atoms with Gasteiger partial charge in [-0.05, 0) is 71.9 Å². The summed E-state index contributed by atoms with van der Waals surface area (Å²) in [6.07, 6.45) is 6.76. The molecule has 0 amide bonds. The number of aliphatic hydroxyl groups excluding tert-OH is 2. The third-order valence-electron chi connectivity index (χ3n) is 7.13. The van der Waals surface area contributed by atoms with Crippen LogP contribution in [0, 0.1) is 37.7 Å². The van der Waals surface area contributed by atoms with E-state index in [9.17, 15) is 10.2 Å². The standard InChI is InChI=1S/C23H24N.C11H24O2.Ir/c1-14(2)9-17-5-6-18-13-24-23-20(21(18)12-17)8-7-19-16(4)10-15(3)11-22(19)23;1-8(2)5-10(12)7-11(13)6-9(3)4;/h5-6,10,12-14H,7-9H2,1-4H3;8-13H,5-7H2,1-4H3;/q-1;;. The van der Waals surface area contributed by atoms with Crippen LogP contribution < -0.4 is 0 Å². The number of rotatable bonds is 8. The number of aromatic nitrogens is 1. The van der Waals surface area contributed by atoms with Gasteiger partial charge in [0.1, 0.15) is 0 Å². The van der Waals surface area contributed by atoms with Gasteiger partial charge in [0.25, 0.3) is 0 Å². The van der Waals surface area contributed by atoms with Crippen LogP contribution in [-0.4, -0.2) is 27.4 Å². The largest absolute Gasteiger partial charge is 0.393 e. The average molecular weight is 695 g/mol. The van der Waals surface area contributed by atoms with Gasteiger partial charge in [-0.3, -0.25) is 0 Å². The first-order valence-electron chi connectivity index (χ1n) is 14.2. The molecule has 2 unspecified atom stereocenters. The van der Waals surface area contributed by atoms with Gasteiger partial charge in [0, 0.05) is 26.3 Å². The van der Waals surface area contributed by atoms with Gasteiger partial charge in [0.2, 0.25) is 0 Å². The van der Waals surface area contributed by atoms with Crippen molar-refractivity contribution in [2.45, 2.75) is 106 Å². The summed E-state index contributed by atoms with van der Waals surface area (Å²) in [5.74, 6) is 1.68. The molecule has 0 saturated heterocycles. The van der Waals surface area contributed by atoms with E-state index in [1.807, 2.05) is 6.20 Å². The molecule has 2 N–H and O–H groups in total. The van der Waals surface area contributed by atoms with E-state index in [2.05, 4.69) is 85.7 Å². The number of aryl methyl sites for hydroxylation is 3. The van der Waals surface area contributed by atoms with Crippen molar-refractivity contribution in [2.75, 3.05) is 0 Å². The van der Waals surface area contributed by atoms with Crippen molar-refractivity contribution in [1.82, 2.24) is 4.98 Å². The van der Waals surface area contributed by atoms with Crippen LogP contribution in [0.5, 0.6) is 0 Å². The predicted molar refractivity (Wildman–Crippen MR) is 157 cm³/mol. The summed E-state index contributed by atoms with van der Waals surface area (Å²) in [6, 6.07) is 12.7. The Balaban J connectivity index is 0.000000313. The second-order valence-electron chi connectivity index (χ2n) is 12.4. The molecule has 3 aromatic rings. The van der Waals surface area contributed by atoms with Crippen LogP contribution in [-0.2, 0) is 39.4 Å². The fourth-order valence-corrected chi connectivity index (χ4v) is 5.67. The van der Waals surface area contributed by atoms with Gasteiger partial charge in [-0.1, -0.05) is 85.6 Å². The molecule has 2 aromatic carbocycles. The monoisotopic (exact) mass is 695 g/mol. The minimum absolute atomic E-state index is 0. The van der Waals surface area contributed by atoms with E-state index in [4.69, 9.17) is 4.98 Å². The smallest absolute Gasteiger partial charge is 0.0567 e.